The van der Waals surface area contributed by atoms with Crippen LogP contribution in [0.4, 0.5) is 4.39 Å². The molecule has 4 heteroatoms. The smallest absolute Gasteiger partial charge is 0.114 e. The van der Waals surface area contributed by atoms with Crippen molar-refractivity contribution < 1.29 is 4.39 Å². The number of hydrogen-bond acceptors (Lipinski definition) is 3. The average Bonchev–Trinajstić information content (AvgIpc) is 2.78. The molecule has 1 aromatic rings. The van der Waals surface area contributed by atoms with Gasteiger partial charge in [0.25, 0.3) is 0 Å². The van der Waals surface area contributed by atoms with Gasteiger partial charge in [-0.05, 0) is 24.9 Å². The van der Waals surface area contributed by atoms with E-state index in [9.17, 15) is 4.39 Å². The normalized spacial score (nSPS) is 27.3. The van der Waals surface area contributed by atoms with Gasteiger partial charge in [-0.2, -0.15) is 0 Å². The van der Waals surface area contributed by atoms with Crippen LogP contribution in [0.15, 0.2) is 17.5 Å². The summed E-state index contributed by atoms with van der Waals surface area (Å²) in [4.78, 5) is 3.57. The third-order valence-electron chi connectivity index (χ3n) is 2.86. The molecule has 2 atom stereocenters. The Kier molecular flexibility index (Phi) is 3.72. The third-order valence-corrected chi connectivity index (χ3v) is 3.72. The summed E-state index contributed by atoms with van der Waals surface area (Å²) in [5.74, 6) is 0. The van der Waals surface area contributed by atoms with Crippen molar-refractivity contribution in [3.63, 3.8) is 0 Å². The summed E-state index contributed by atoms with van der Waals surface area (Å²) >= 11 is 1.75. The zero-order chi connectivity index (χ0) is 10.7. The minimum absolute atomic E-state index is 0.354. The molecule has 0 aliphatic carbocycles. The third kappa shape index (κ3) is 2.77. The van der Waals surface area contributed by atoms with Gasteiger partial charge >= 0.3 is 0 Å². The van der Waals surface area contributed by atoms with Crippen LogP contribution < -0.4 is 5.32 Å². The fourth-order valence-corrected chi connectivity index (χ4v) is 2.90. The van der Waals surface area contributed by atoms with E-state index in [0.29, 0.717) is 19.0 Å². The molecule has 0 amide bonds. The highest BCUT2D eigenvalue weighted by Gasteiger charge is 2.31. The van der Waals surface area contributed by atoms with E-state index in [1.807, 2.05) is 7.05 Å². The maximum absolute atomic E-state index is 13.3. The van der Waals surface area contributed by atoms with Gasteiger partial charge in [0.15, 0.2) is 0 Å². The predicted molar refractivity (Wildman–Crippen MR) is 62.0 cm³/mol. The van der Waals surface area contributed by atoms with Crippen LogP contribution in [0.1, 0.15) is 11.3 Å². The number of likely N-dealkylation sites (tertiary alicyclic amines) is 1. The molecule has 2 nitrogen and oxygen atoms in total. The van der Waals surface area contributed by atoms with Gasteiger partial charge in [0.2, 0.25) is 0 Å². The molecular weight excluding hydrogens is 211 g/mol. The van der Waals surface area contributed by atoms with Gasteiger partial charge in [-0.1, -0.05) is 6.07 Å². The van der Waals surface area contributed by atoms with Crippen LogP contribution in [0.25, 0.3) is 0 Å². The van der Waals surface area contributed by atoms with Crippen LogP contribution in [-0.2, 0) is 6.54 Å². The maximum Gasteiger partial charge on any atom is 0.114 e. The Balaban J connectivity index is 1.94. The van der Waals surface area contributed by atoms with Gasteiger partial charge < -0.3 is 5.32 Å². The lowest BCUT2D eigenvalue weighted by Crippen LogP contribution is -2.36. The Bertz CT molecular complexity index is 289. The molecule has 0 saturated carbocycles. The van der Waals surface area contributed by atoms with Crippen LogP contribution in [0.5, 0.6) is 0 Å². The first-order valence-corrected chi connectivity index (χ1v) is 6.22. The molecule has 0 unspecified atom stereocenters. The zero-order valence-corrected chi connectivity index (χ0v) is 9.77. The quantitative estimate of drug-likeness (QED) is 0.846. The lowest BCUT2D eigenvalue weighted by molar-refractivity contribution is 0.234. The topological polar surface area (TPSA) is 15.3 Å². The number of thiophene rings is 1. The standard InChI is InChI=1S/C11H17FN2S/c1-13-6-10-5-9(12)7-14(10)8-11-3-2-4-15-11/h2-4,9-10,13H,5-8H2,1H3/t9-,10+/m1/s1. The van der Waals surface area contributed by atoms with Gasteiger partial charge in [-0.15, -0.1) is 11.3 Å². The highest BCUT2D eigenvalue weighted by Crippen LogP contribution is 2.23. The first-order chi connectivity index (χ1) is 7.29. The van der Waals surface area contributed by atoms with Crippen molar-refractivity contribution in [1.29, 1.82) is 0 Å². The number of likely N-dealkylation sites (N-methyl/N-ethyl adjacent to an activating group) is 1. The average molecular weight is 228 g/mol. The molecule has 1 N–H and O–H groups in total. The number of halogens is 1. The number of alkyl halides is 1. The van der Waals surface area contributed by atoms with E-state index in [2.05, 4.69) is 27.7 Å². The molecule has 1 aliphatic rings. The summed E-state index contributed by atoms with van der Waals surface area (Å²) in [6, 6.07) is 4.52. The summed E-state index contributed by atoms with van der Waals surface area (Å²) in [6.45, 7) is 2.36. The molecule has 1 saturated heterocycles. The lowest BCUT2D eigenvalue weighted by atomic mass is 10.2. The number of nitrogens with one attached hydrogen (secondary N) is 1. The Morgan fingerprint density at radius 2 is 2.53 bits per heavy atom. The van der Waals surface area contributed by atoms with Crippen LogP contribution in [-0.4, -0.2) is 37.3 Å². The van der Waals surface area contributed by atoms with Crippen LogP contribution in [0.3, 0.4) is 0 Å². The highest BCUT2D eigenvalue weighted by molar-refractivity contribution is 7.09. The minimum atomic E-state index is -0.650. The van der Waals surface area contributed by atoms with Crippen molar-refractivity contribution in [3.05, 3.63) is 22.4 Å². The van der Waals surface area contributed by atoms with E-state index in [-0.39, 0.29) is 0 Å². The first kappa shape index (κ1) is 11.0. The van der Waals surface area contributed by atoms with E-state index < -0.39 is 6.17 Å². The van der Waals surface area contributed by atoms with Crippen molar-refractivity contribution in [3.8, 4) is 0 Å². The molecule has 84 valence electrons. The summed E-state index contributed by atoms with van der Waals surface area (Å²) in [7, 11) is 1.93. The summed E-state index contributed by atoms with van der Waals surface area (Å²) in [6.07, 6.45) is 0.0231. The summed E-state index contributed by atoms with van der Waals surface area (Å²) in [5, 5.41) is 5.21. The minimum Gasteiger partial charge on any atom is -0.318 e. The maximum atomic E-state index is 13.3. The second-order valence-electron chi connectivity index (χ2n) is 4.05. The van der Waals surface area contributed by atoms with E-state index in [4.69, 9.17) is 0 Å². The van der Waals surface area contributed by atoms with Gasteiger partial charge in [0.05, 0.1) is 0 Å². The molecule has 1 aromatic heterocycles. The molecule has 0 spiro atoms. The fraction of sp³-hybridized carbons (Fsp3) is 0.636. The SMILES string of the molecule is CNC[C@@H]1C[C@@H](F)CN1Cc1cccs1. The molecular formula is C11H17FN2S. The van der Waals surface area contributed by atoms with E-state index >= 15 is 0 Å². The molecule has 1 aliphatic heterocycles. The van der Waals surface area contributed by atoms with Gasteiger partial charge in [0.1, 0.15) is 6.17 Å². The molecule has 15 heavy (non-hydrogen) atoms. The number of rotatable bonds is 4. The van der Waals surface area contributed by atoms with Crippen LogP contribution in [0, 0.1) is 0 Å². The van der Waals surface area contributed by atoms with Crippen molar-refractivity contribution in [2.45, 2.75) is 25.2 Å². The van der Waals surface area contributed by atoms with Gasteiger partial charge in [-0.3, -0.25) is 4.90 Å². The Hall–Kier alpha value is -0.450. The molecule has 0 radical (unpaired) electrons. The van der Waals surface area contributed by atoms with Crippen molar-refractivity contribution in [2.24, 2.45) is 0 Å². The predicted octanol–water partition coefficient (Wildman–Crippen LogP) is 1.88. The molecule has 0 bridgehead atoms. The Labute approximate surface area is 94.1 Å². The second-order valence-corrected chi connectivity index (χ2v) is 5.09. The fourth-order valence-electron chi connectivity index (χ4n) is 2.17. The van der Waals surface area contributed by atoms with Crippen molar-refractivity contribution >= 4 is 11.3 Å². The first-order valence-electron chi connectivity index (χ1n) is 5.34. The molecule has 0 aromatic carbocycles. The molecule has 2 heterocycles. The van der Waals surface area contributed by atoms with E-state index in [1.54, 1.807) is 11.3 Å². The molecule has 1 fully saturated rings. The van der Waals surface area contributed by atoms with Crippen molar-refractivity contribution in [1.82, 2.24) is 10.2 Å². The summed E-state index contributed by atoms with van der Waals surface area (Å²) < 4.78 is 13.3. The van der Waals surface area contributed by atoms with Gasteiger partial charge in [0, 0.05) is 30.6 Å². The molecule has 2 rings (SSSR count). The van der Waals surface area contributed by atoms with Crippen molar-refractivity contribution in [2.75, 3.05) is 20.1 Å². The summed E-state index contributed by atoms with van der Waals surface area (Å²) in [5.41, 5.74) is 0. The van der Waals surface area contributed by atoms with E-state index in [0.717, 1.165) is 13.1 Å². The second kappa shape index (κ2) is 5.05. The Morgan fingerprint density at radius 1 is 1.67 bits per heavy atom. The number of hydrogen-bond donors (Lipinski definition) is 1. The monoisotopic (exact) mass is 228 g/mol. The van der Waals surface area contributed by atoms with Crippen LogP contribution >= 0.6 is 11.3 Å². The lowest BCUT2D eigenvalue weighted by Gasteiger charge is -2.22. The highest BCUT2D eigenvalue weighted by atomic mass is 32.1. The van der Waals surface area contributed by atoms with Gasteiger partial charge in [-0.25, -0.2) is 4.39 Å². The van der Waals surface area contributed by atoms with E-state index in [1.165, 1.54) is 4.88 Å². The van der Waals surface area contributed by atoms with Crippen LogP contribution in [0.2, 0.25) is 0 Å². The number of nitrogens with zero attached hydrogens (tertiary/aromatic N) is 1. The Morgan fingerprint density at radius 3 is 3.20 bits per heavy atom. The largest absolute Gasteiger partial charge is 0.318 e. The zero-order valence-electron chi connectivity index (χ0n) is 8.95.